The van der Waals surface area contributed by atoms with E-state index < -0.39 is 17.2 Å². The van der Waals surface area contributed by atoms with E-state index in [4.69, 9.17) is 16.3 Å². The van der Waals surface area contributed by atoms with Gasteiger partial charge in [0.15, 0.2) is 0 Å². The second kappa shape index (κ2) is 7.19. The van der Waals surface area contributed by atoms with Crippen molar-refractivity contribution in [1.29, 1.82) is 0 Å². The number of H-pyrrole nitrogens is 2. The summed E-state index contributed by atoms with van der Waals surface area (Å²) in [5.41, 5.74) is 0.601. The zero-order chi connectivity index (χ0) is 21.7. The van der Waals surface area contributed by atoms with Crippen molar-refractivity contribution in [1.82, 2.24) is 14.5 Å². The Bertz CT molecular complexity index is 1440. The van der Waals surface area contributed by atoms with Gasteiger partial charge in [0.25, 0.3) is 5.56 Å². The largest absolute Gasteiger partial charge is 0.505 e. The van der Waals surface area contributed by atoms with Crippen molar-refractivity contribution < 1.29 is 14.6 Å². The standard InChI is InChI=1S/C20H16ClN3O5S/c1-8-11(19(27)29-3)15(25)16(30-8)12-13-17(24(2)20(28)23-18(13)26)22-14(12)9-5-4-6-10(21)7-9/h4-7,22,25H,1-3H3,(H,23,26,28). The number of fused-ring (bicyclic) bond motifs is 1. The van der Waals surface area contributed by atoms with Gasteiger partial charge in [-0.2, -0.15) is 0 Å². The molecule has 0 radical (unpaired) electrons. The van der Waals surface area contributed by atoms with Crippen LogP contribution in [-0.4, -0.2) is 32.7 Å². The molecule has 154 valence electrons. The predicted octanol–water partition coefficient (Wildman–Crippen LogP) is 3.40. The fraction of sp³-hybridized carbons (Fsp3) is 0.150. The number of aromatic amines is 2. The van der Waals surface area contributed by atoms with E-state index in [1.165, 1.54) is 18.7 Å². The average Bonchev–Trinajstić information content (AvgIpc) is 3.23. The van der Waals surface area contributed by atoms with Crippen molar-refractivity contribution in [3.8, 4) is 27.4 Å². The van der Waals surface area contributed by atoms with E-state index in [1.807, 2.05) is 0 Å². The first-order valence-corrected chi connectivity index (χ1v) is 9.96. The molecule has 3 aromatic heterocycles. The third-order valence-electron chi connectivity index (χ3n) is 4.86. The number of ether oxygens (including phenoxy) is 1. The number of esters is 1. The molecule has 0 amide bonds. The number of benzene rings is 1. The van der Waals surface area contributed by atoms with Crippen LogP contribution in [0.15, 0.2) is 33.9 Å². The number of aromatic hydroxyl groups is 1. The van der Waals surface area contributed by atoms with Crippen LogP contribution >= 0.6 is 22.9 Å². The van der Waals surface area contributed by atoms with Crippen molar-refractivity contribution in [2.45, 2.75) is 6.92 Å². The van der Waals surface area contributed by atoms with Gasteiger partial charge in [-0.1, -0.05) is 23.7 Å². The van der Waals surface area contributed by atoms with Gasteiger partial charge in [0.1, 0.15) is 17.0 Å². The van der Waals surface area contributed by atoms with Crippen LogP contribution in [0.2, 0.25) is 5.02 Å². The van der Waals surface area contributed by atoms with E-state index >= 15 is 0 Å². The molecule has 0 saturated heterocycles. The van der Waals surface area contributed by atoms with Crippen LogP contribution in [0.4, 0.5) is 0 Å². The first kappa shape index (κ1) is 20.0. The first-order chi connectivity index (χ1) is 14.2. The van der Waals surface area contributed by atoms with Gasteiger partial charge in [-0.05, 0) is 19.1 Å². The zero-order valence-electron chi connectivity index (χ0n) is 16.1. The highest BCUT2D eigenvalue weighted by Crippen LogP contribution is 2.47. The van der Waals surface area contributed by atoms with Crippen molar-refractivity contribution in [3.05, 3.63) is 60.6 Å². The summed E-state index contributed by atoms with van der Waals surface area (Å²) in [5, 5.41) is 11.5. The fourth-order valence-electron chi connectivity index (χ4n) is 3.44. The number of hydrogen-bond acceptors (Lipinski definition) is 6. The van der Waals surface area contributed by atoms with Crippen molar-refractivity contribution in [2.75, 3.05) is 7.11 Å². The number of aryl methyl sites for hydroxylation is 2. The molecule has 0 atom stereocenters. The summed E-state index contributed by atoms with van der Waals surface area (Å²) in [6.45, 7) is 1.67. The van der Waals surface area contributed by atoms with E-state index in [2.05, 4.69) is 9.97 Å². The van der Waals surface area contributed by atoms with Crippen LogP contribution in [0.1, 0.15) is 15.2 Å². The van der Waals surface area contributed by atoms with Crippen molar-refractivity contribution >= 4 is 39.9 Å². The Labute approximate surface area is 178 Å². The molecule has 0 spiro atoms. The summed E-state index contributed by atoms with van der Waals surface area (Å²) in [7, 11) is 2.74. The molecule has 4 aromatic rings. The number of nitrogens with one attached hydrogen (secondary N) is 2. The molecule has 0 fully saturated rings. The molecule has 0 aliphatic heterocycles. The summed E-state index contributed by atoms with van der Waals surface area (Å²) >= 11 is 7.30. The molecule has 0 unspecified atom stereocenters. The van der Waals surface area contributed by atoms with Crippen LogP contribution in [-0.2, 0) is 11.8 Å². The summed E-state index contributed by atoms with van der Waals surface area (Å²) in [5.74, 6) is -0.972. The summed E-state index contributed by atoms with van der Waals surface area (Å²) in [6.07, 6.45) is 0. The fourth-order valence-corrected chi connectivity index (χ4v) is 4.72. The Hall–Kier alpha value is -3.30. The lowest BCUT2D eigenvalue weighted by Crippen LogP contribution is -2.28. The van der Waals surface area contributed by atoms with Crippen LogP contribution in [0, 0.1) is 6.92 Å². The number of aromatic nitrogens is 3. The molecular formula is C20H16ClN3O5S. The Morgan fingerprint density at radius 2 is 2.00 bits per heavy atom. The van der Waals surface area contributed by atoms with Crippen LogP contribution in [0.25, 0.3) is 32.7 Å². The van der Waals surface area contributed by atoms with Gasteiger partial charge >= 0.3 is 11.7 Å². The SMILES string of the molecule is COC(=O)c1c(C)sc(-c2c(-c3cccc(Cl)c3)[nH]c3c2c(=O)[nH]c(=O)n3C)c1O. The molecule has 3 heterocycles. The molecule has 3 N–H and O–H groups in total. The topological polar surface area (TPSA) is 117 Å². The van der Waals surface area contributed by atoms with Gasteiger partial charge in [0, 0.05) is 28.1 Å². The number of carbonyl (C=O) groups excluding carboxylic acids is 1. The van der Waals surface area contributed by atoms with Gasteiger partial charge < -0.3 is 14.8 Å². The molecular weight excluding hydrogens is 430 g/mol. The molecule has 0 bridgehead atoms. The van der Waals surface area contributed by atoms with Crippen molar-refractivity contribution in [3.63, 3.8) is 0 Å². The molecule has 30 heavy (non-hydrogen) atoms. The Kier molecular flexibility index (Phi) is 4.79. The molecule has 1 aromatic carbocycles. The van der Waals surface area contributed by atoms with Gasteiger partial charge in [0.05, 0.1) is 23.1 Å². The smallest absolute Gasteiger partial charge is 0.342 e. The molecule has 0 saturated carbocycles. The number of methoxy groups -OCH3 is 1. The molecule has 0 aliphatic carbocycles. The van der Waals surface area contributed by atoms with E-state index in [0.29, 0.717) is 31.6 Å². The summed E-state index contributed by atoms with van der Waals surface area (Å²) in [6, 6.07) is 6.93. The first-order valence-electron chi connectivity index (χ1n) is 8.76. The normalized spacial score (nSPS) is 11.2. The minimum atomic E-state index is -0.682. The predicted molar refractivity (Wildman–Crippen MR) is 116 cm³/mol. The van der Waals surface area contributed by atoms with Gasteiger partial charge in [-0.15, -0.1) is 11.3 Å². The van der Waals surface area contributed by atoms with E-state index in [9.17, 15) is 19.5 Å². The summed E-state index contributed by atoms with van der Waals surface area (Å²) in [4.78, 5) is 43.3. The molecule has 0 aliphatic rings. The van der Waals surface area contributed by atoms with Gasteiger partial charge in [-0.25, -0.2) is 9.59 Å². The van der Waals surface area contributed by atoms with E-state index in [0.717, 1.165) is 11.3 Å². The second-order valence-electron chi connectivity index (χ2n) is 6.63. The minimum Gasteiger partial charge on any atom is -0.505 e. The maximum atomic E-state index is 12.8. The number of carbonyl (C=O) groups is 1. The molecule has 8 nitrogen and oxygen atoms in total. The highest BCUT2D eigenvalue weighted by Gasteiger charge is 2.28. The lowest BCUT2D eigenvalue weighted by atomic mass is 10.0. The van der Waals surface area contributed by atoms with Crippen LogP contribution < -0.4 is 11.2 Å². The van der Waals surface area contributed by atoms with Crippen LogP contribution in [0.3, 0.4) is 0 Å². The zero-order valence-corrected chi connectivity index (χ0v) is 17.7. The number of hydrogen-bond donors (Lipinski definition) is 3. The quantitative estimate of drug-likeness (QED) is 0.418. The van der Waals surface area contributed by atoms with E-state index in [-0.39, 0.29) is 22.3 Å². The molecule has 4 rings (SSSR count). The lowest BCUT2D eigenvalue weighted by Gasteiger charge is -2.05. The highest BCUT2D eigenvalue weighted by molar-refractivity contribution is 7.16. The number of rotatable bonds is 3. The third-order valence-corrected chi connectivity index (χ3v) is 6.20. The van der Waals surface area contributed by atoms with Gasteiger partial charge in [-0.3, -0.25) is 14.3 Å². The monoisotopic (exact) mass is 445 g/mol. The Balaban J connectivity index is 2.18. The van der Waals surface area contributed by atoms with Gasteiger partial charge in [0.2, 0.25) is 0 Å². The van der Waals surface area contributed by atoms with Crippen LogP contribution in [0.5, 0.6) is 5.75 Å². The second-order valence-corrected chi connectivity index (χ2v) is 8.29. The van der Waals surface area contributed by atoms with Crippen molar-refractivity contribution in [2.24, 2.45) is 7.05 Å². The average molecular weight is 446 g/mol. The maximum Gasteiger partial charge on any atom is 0.342 e. The third kappa shape index (κ3) is 2.94. The number of nitrogens with zero attached hydrogens (tertiary/aromatic N) is 1. The Morgan fingerprint density at radius 1 is 1.27 bits per heavy atom. The minimum absolute atomic E-state index is 0.0325. The Morgan fingerprint density at radius 3 is 2.67 bits per heavy atom. The van der Waals surface area contributed by atoms with E-state index in [1.54, 1.807) is 31.2 Å². The number of thiophene rings is 1. The summed E-state index contributed by atoms with van der Waals surface area (Å²) < 4.78 is 6.05. The number of halogens is 1. The maximum absolute atomic E-state index is 12.8. The molecule has 10 heteroatoms. The lowest BCUT2D eigenvalue weighted by molar-refractivity contribution is 0.0597. The highest BCUT2D eigenvalue weighted by atomic mass is 35.5.